The number of halogens is 3. The molecule has 0 fully saturated rings. The number of aromatic nitrogens is 5. The Morgan fingerprint density at radius 1 is 1.00 bits per heavy atom. The number of carbonyl (C=O) groups is 1. The quantitative estimate of drug-likeness (QED) is 0.180. The summed E-state index contributed by atoms with van der Waals surface area (Å²) in [5, 5.41) is 13.2. The lowest BCUT2D eigenvalue weighted by atomic mass is 10.2. The Kier molecular flexibility index (Phi) is 9.23. The fraction of sp³-hybridized carbons (Fsp3) is 0.258. The van der Waals surface area contributed by atoms with Crippen LogP contribution >= 0.6 is 0 Å². The van der Waals surface area contributed by atoms with E-state index in [0.29, 0.717) is 40.7 Å². The molecule has 0 bridgehead atoms. The fourth-order valence-corrected chi connectivity index (χ4v) is 4.61. The van der Waals surface area contributed by atoms with Crippen LogP contribution in [0.4, 0.5) is 24.7 Å². The van der Waals surface area contributed by atoms with Crippen LogP contribution in [0, 0.1) is 17.5 Å². The van der Waals surface area contributed by atoms with Crippen LogP contribution in [0.1, 0.15) is 44.1 Å². The van der Waals surface area contributed by atoms with Crippen molar-refractivity contribution in [2.45, 2.75) is 39.8 Å². The molecule has 5 aromatic rings. The van der Waals surface area contributed by atoms with E-state index >= 15 is 4.39 Å². The number of amides is 1. The number of benzene rings is 2. The number of anilines is 2. The van der Waals surface area contributed by atoms with Crippen LogP contribution in [0.3, 0.4) is 0 Å². The van der Waals surface area contributed by atoms with Gasteiger partial charge in [-0.05, 0) is 52.0 Å². The van der Waals surface area contributed by atoms with Gasteiger partial charge in [-0.25, -0.2) is 27.5 Å². The van der Waals surface area contributed by atoms with Crippen molar-refractivity contribution in [2.24, 2.45) is 0 Å². The third kappa shape index (κ3) is 6.49. The minimum absolute atomic E-state index is 0.0220. The number of aromatic amines is 1. The highest BCUT2D eigenvalue weighted by molar-refractivity contribution is 6.04. The molecule has 0 radical (unpaired) electrons. The molecule has 12 nitrogen and oxygen atoms in total. The molecule has 0 saturated heterocycles. The van der Waals surface area contributed by atoms with Gasteiger partial charge < -0.3 is 20.1 Å². The van der Waals surface area contributed by atoms with Crippen molar-refractivity contribution in [3.63, 3.8) is 0 Å². The summed E-state index contributed by atoms with van der Waals surface area (Å²) in [7, 11) is 0. The highest BCUT2D eigenvalue weighted by Crippen LogP contribution is 2.34. The molecular weight excluding hydrogens is 607 g/mol. The number of hydrogen-bond donors (Lipinski definition) is 3. The molecule has 1 atom stereocenters. The topological polar surface area (TPSA) is 145 Å². The van der Waals surface area contributed by atoms with Crippen LogP contribution in [-0.2, 0) is 4.74 Å². The van der Waals surface area contributed by atoms with Crippen molar-refractivity contribution >= 4 is 28.4 Å². The molecule has 3 heterocycles. The summed E-state index contributed by atoms with van der Waals surface area (Å²) >= 11 is 0. The van der Waals surface area contributed by atoms with Gasteiger partial charge in [0.15, 0.2) is 34.7 Å². The first-order valence-electron chi connectivity index (χ1n) is 14.3. The standard InChI is InChI=1S/C31H30F3N7O5/c1-5-45-15-17(4)36-28-26-25(10-11-35-27(26)38-39-28)46-24-9-6-18(12-23(24)34)37-29(42)20-14-40(16(2)3)31(44)41(30(20)43)19-7-8-21(32)22(33)13-19/h6-14,16-17H,5,15H2,1-4H3,(H,37,42)(H2,35,36,38,39)/t17-/m0/s1. The van der Waals surface area contributed by atoms with Gasteiger partial charge in [0.25, 0.3) is 11.5 Å². The number of nitrogens with zero attached hydrogens (tertiary/aromatic N) is 4. The first-order valence-corrected chi connectivity index (χ1v) is 14.3. The van der Waals surface area contributed by atoms with Crippen LogP contribution in [0.25, 0.3) is 16.7 Å². The van der Waals surface area contributed by atoms with E-state index in [1.807, 2.05) is 13.8 Å². The maximum Gasteiger partial charge on any atom is 0.335 e. The summed E-state index contributed by atoms with van der Waals surface area (Å²) in [4.78, 5) is 43.9. The molecule has 0 unspecified atom stereocenters. The molecule has 3 N–H and O–H groups in total. The predicted octanol–water partition coefficient (Wildman–Crippen LogP) is 5.15. The third-order valence-corrected chi connectivity index (χ3v) is 6.86. The second kappa shape index (κ2) is 13.3. The Morgan fingerprint density at radius 3 is 2.48 bits per heavy atom. The van der Waals surface area contributed by atoms with E-state index < -0.39 is 46.2 Å². The summed E-state index contributed by atoms with van der Waals surface area (Å²) in [5.74, 6) is -3.73. The number of carbonyl (C=O) groups excluding carboxylic acids is 1. The molecule has 0 aliphatic heterocycles. The van der Waals surface area contributed by atoms with Crippen LogP contribution in [-0.4, -0.2) is 49.5 Å². The summed E-state index contributed by atoms with van der Waals surface area (Å²) in [6, 6.07) is 7.07. The molecule has 3 aromatic heterocycles. The van der Waals surface area contributed by atoms with Crippen LogP contribution in [0.2, 0.25) is 0 Å². The van der Waals surface area contributed by atoms with E-state index in [1.165, 1.54) is 18.3 Å². The van der Waals surface area contributed by atoms with E-state index in [2.05, 4.69) is 25.8 Å². The van der Waals surface area contributed by atoms with Gasteiger partial charge >= 0.3 is 5.69 Å². The van der Waals surface area contributed by atoms with Crippen molar-refractivity contribution in [1.82, 2.24) is 24.3 Å². The van der Waals surface area contributed by atoms with E-state index in [-0.39, 0.29) is 28.9 Å². The SMILES string of the molecule is CCOC[C@H](C)Nc1n[nH]c2nccc(Oc3ccc(NC(=O)c4cn(C(C)C)c(=O)n(-c5ccc(F)c(F)c5)c4=O)cc3F)c12. The van der Waals surface area contributed by atoms with Gasteiger partial charge in [-0.3, -0.25) is 19.3 Å². The number of ether oxygens (including phenoxy) is 2. The monoisotopic (exact) mass is 637 g/mol. The van der Waals surface area contributed by atoms with Gasteiger partial charge in [0, 0.05) is 55.0 Å². The van der Waals surface area contributed by atoms with Gasteiger partial charge in [-0.15, -0.1) is 0 Å². The highest BCUT2D eigenvalue weighted by atomic mass is 19.2. The molecule has 2 aromatic carbocycles. The summed E-state index contributed by atoms with van der Waals surface area (Å²) in [5.41, 5.74) is -2.31. The van der Waals surface area contributed by atoms with Gasteiger partial charge in [-0.2, -0.15) is 5.10 Å². The Morgan fingerprint density at radius 2 is 1.78 bits per heavy atom. The Labute approximate surface area is 259 Å². The van der Waals surface area contributed by atoms with Gasteiger partial charge in [0.05, 0.1) is 12.3 Å². The zero-order valence-electron chi connectivity index (χ0n) is 25.2. The summed E-state index contributed by atoms with van der Waals surface area (Å²) < 4.78 is 55.8. The number of pyridine rings is 1. The van der Waals surface area contributed by atoms with Crippen LogP contribution < -0.4 is 26.6 Å². The van der Waals surface area contributed by atoms with Gasteiger partial charge in [0.2, 0.25) is 0 Å². The van der Waals surface area contributed by atoms with Crippen LogP contribution in [0.15, 0.2) is 64.4 Å². The van der Waals surface area contributed by atoms with E-state index in [4.69, 9.17) is 9.47 Å². The molecule has 5 rings (SSSR count). The third-order valence-electron chi connectivity index (χ3n) is 6.86. The molecule has 0 spiro atoms. The first kappa shape index (κ1) is 32.0. The average molecular weight is 638 g/mol. The normalized spacial score (nSPS) is 12.0. The Bertz CT molecular complexity index is 2040. The second-order valence-electron chi connectivity index (χ2n) is 10.6. The van der Waals surface area contributed by atoms with Crippen molar-refractivity contribution in [2.75, 3.05) is 23.8 Å². The summed E-state index contributed by atoms with van der Waals surface area (Å²) in [6.07, 6.45) is 2.54. The lowest BCUT2D eigenvalue weighted by Gasteiger charge is -2.16. The largest absolute Gasteiger partial charge is 0.453 e. The van der Waals surface area contributed by atoms with Gasteiger partial charge in [-0.1, -0.05) is 0 Å². The molecule has 0 aliphatic rings. The number of nitrogens with one attached hydrogen (secondary N) is 3. The minimum Gasteiger partial charge on any atom is -0.453 e. The maximum absolute atomic E-state index is 15.3. The first-order chi connectivity index (χ1) is 22.0. The fourth-order valence-electron chi connectivity index (χ4n) is 4.61. The molecule has 1 amide bonds. The number of rotatable bonds is 11. The number of H-pyrrole nitrogens is 1. The maximum atomic E-state index is 15.3. The molecule has 240 valence electrons. The highest BCUT2D eigenvalue weighted by Gasteiger charge is 2.22. The Balaban J connectivity index is 1.42. The minimum atomic E-state index is -1.28. The molecule has 0 saturated carbocycles. The van der Waals surface area contributed by atoms with Crippen molar-refractivity contribution in [3.05, 3.63) is 98.7 Å². The molecular formula is C31H30F3N7O5. The molecule has 46 heavy (non-hydrogen) atoms. The number of fused-ring (bicyclic) bond motifs is 1. The average Bonchev–Trinajstić information content (AvgIpc) is 3.42. The van der Waals surface area contributed by atoms with Crippen molar-refractivity contribution < 1.29 is 27.4 Å². The van der Waals surface area contributed by atoms with Gasteiger partial charge in [0.1, 0.15) is 16.7 Å². The number of hydrogen-bond acceptors (Lipinski definition) is 8. The lowest BCUT2D eigenvalue weighted by Crippen LogP contribution is -2.42. The van der Waals surface area contributed by atoms with Crippen molar-refractivity contribution in [3.8, 4) is 17.2 Å². The predicted molar refractivity (Wildman–Crippen MR) is 164 cm³/mol. The second-order valence-corrected chi connectivity index (χ2v) is 10.6. The smallest absolute Gasteiger partial charge is 0.335 e. The van der Waals surface area contributed by atoms with E-state index in [0.717, 1.165) is 29.0 Å². The summed E-state index contributed by atoms with van der Waals surface area (Å²) in [6.45, 7) is 8.06. The van der Waals surface area contributed by atoms with E-state index in [1.54, 1.807) is 19.9 Å². The van der Waals surface area contributed by atoms with Crippen LogP contribution in [0.5, 0.6) is 11.5 Å². The Hall–Kier alpha value is -5.44. The zero-order valence-corrected chi connectivity index (χ0v) is 25.2. The lowest BCUT2D eigenvalue weighted by molar-refractivity contribution is 0.102. The molecule has 15 heteroatoms. The zero-order chi connectivity index (χ0) is 33.1. The van der Waals surface area contributed by atoms with E-state index in [9.17, 15) is 23.2 Å². The molecule has 0 aliphatic carbocycles. The van der Waals surface area contributed by atoms with Crippen molar-refractivity contribution in [1.29, 1.82) is 0 Å².